The molecule has 1 heterocycles. The van der Waals surface area contributed by atoms with Crippen LogP contribution in [-0.4, -0.2) is 40.1 Å². The standard InChI is InChI=1S/C13H18ClN3O2/c1-17(10-4-2-3-5-11(10)18)13(19)8-6-9(14)12(15)16-7-8/h6-7,10-11,18H,2-5H2,1H3,(H2,15,16). The molecule has 0 bridgehead atoms. The monoisotopic (exact) mass is 283 g/mol. The van der Waals surface area contributed by atoms with Crippen LogP contribution in [-0.2, 0) is 0 Å². The van der Waals surface area contributed by atoms with Crippen molar-refractivity contribution in [2.45, 2.75) is 37.8 Å². The van der Waals surface area contributed by atoms with Crippen molar-refractivity contribution in [3.05, 3.63) is 22.8 Å². The van der Waals surface area contributed by atoms with E-state index in [1.165, 1.54) is 12.3 Å². The topological polar surface area (TPSA) is 79.5 Å². The third-order valence-corrected chi connectivity index (χ3v) is 3.93. The maximum Gasteiger partial charge on any atom is 0.255 e. The van der Waals surface area contributed by atoms with Gasteiger partial charge in [-0.05, 0) is 18.9 Å². The average Bonchev–Trinajstić information content (AvgIpc) is 2.41. The highest BCUT2D eigenvalue weighted by Crippen LogP contribution is 2.24. The van der Waals surface area contributed by atoms with Crippen LogP contribution in [0.3, 0.4) is 0 Å². The maximum atomic E-state index is 12.3. The van der Waals surface area contributed by atoms with Crippen LogP contribution in [0.25, 0.3) is 0 Å². The van der Waals surface area contributed by atoms with Crippen molar-refractivity contribution < 1.29 is 9.90 Å². The zero-order chi connectivity index (χ0) is 14.0. The van der Waals surface area contributed by atoms with Gasteiger partial charge in [0, 0.05) is 13.2 Å². The third kappa shape index (κ3) is 2.98. The number of rotatable bonds is 2. The minimum absolute atomic E-state index is 0.141. The van der Waals surface area contributed by atoms with Gasteiger partial charge in [0.1, 0.15) is 5.82 Å². The van der Waals surface area contributed by atoms with Crippen LogP contribution in [0.15, 0.2) is 12.3 Å². The van der Waals surface area contributed by atoms with Crippen molar-refractivity contribution in [2.24, 2.45) is 0 Å². The third-order valence-electron chi connectivity index (χ3n) is 3.63. The molecule has 1 fully saturated rings. The van der Waals surface area contributed by atoms with Crippen LogP contribution in [0, 0.1) is 0 Å². The van der Waals surface area contributed by atoms with Crippen LogP contribution < -0.4 is 5.73 Å². The van der Waals surface area contributed by atoms with E-state index in [4.69, 9.17) is 17.3 Å². The molecule has 2 unspecified atom stereocenters. The summed E-state index contributed by atoms with van der Waals surface area (Å²) < 4.78 is 0. The molecule has 5 nitrogen and oxygen atoms in total. The summed E-state index contributed by atoms with van der Waals surface area (Å²) >= 11 is 5.87. The van der Waals surface area contributed by atoms with Gasteiger partial charge >= 0.3 is 0 Å². The number of amides is 1. The number of anilines is 1. The van der Waals surface area contributed by atoms with E-state index < -0.39 is 6.10 Å². The Morgan fingerprint density at radius 2 is 2.21 bits per heavy atom. The minimum atomic E-state index is -0.458. The van der Waals surface area contributed by atoms with Crippen molar-refractivity contribution in [1.82, 2.24) is 9.88 Å². The second-order valence-corrected chi connectivity index (χ2v) is 5.33. The minimum Gasteiger partial charge on any atom is -0.391 e. The summed E-state index contributed by atoms with van der Waals surface area (Å²) in [5.74, 6) is 0.0129. The second kappa shape index (κ2) is 5.75. The van der Waals surface area contributed by atoms with Gasteiger partial charge in [-0.1, -0.05) is 24.4 Å². The van der Waals surface area contributed by atoms with Crippen LogP contribution in [0.4, 0.5) is 5.82 Å². The fraction of sp³-hybridized carbons (Fsp3) is 0.538. The van der Waals surface area contributed by atoms with Gasteiger partial charge in [0.25, 0.3) is 5.91 Å². The van der Waals surface area contributed by atoms with Crippen molar-refractivity contribution in [3.8, 4) is 0 Å². The Balaban J connectivity index is 2.15. The normalized spacial score (nSPS) is 23.1. The van der Waals surface area contributed by atoms with Gasteiger partial charge in [0.2, 0.25) is 0 Å². The number of halogens is 1. The highest BCUT2D eigenvalue weighted by atomic mass is 35.5. The number of hydrogen-bond donors (Lipinski definition) is 2. The van der Waals surface area contributed by atoms with Gasteiger partial charge in [-0.25, -0.2) is 4.98 Å². The molecule has 19 heavy (non-hydrogen) atoms. The van der Waals surface area contributed by atoms with E-state index in [0.29, 0.717) is 5.56 Å². The Kier molecular flexibility index (Phi) is 4.27. The Morgan fingerprint density at radius 3 is 2.84 bits per heavy atom. The summed E-state index contributed by atoms with van der Waals surface area (Å²) in [7, 11) is 1.70. The second-order valence-electron chi connectivity index (χ2n) is 4.93. The first-order chi connectivity index (χ1) is 9.00. The zero-order valence-electron chi connectivity index (χ0n) is 10.8. The first-order valence-electron chi connectivity index (χ1n) is 6.37. The molecular formula is C13H18ClN3O2. The van der Waals surface area contributed by atoms with Crippen molar-refractivity contribution >= 4 is 23.3 Å². The number of nitrogen functional groups attached to an aromatic ring is 1. The lowest BCUT2D eigenvalue weighted by Gasteiger charge is -2.35. The molecule has 1 saturated carbocycles. The van der Waals surface area contributed by atoms with E-state index >= 15 is 0 Å². The Morgan fingerprint density at radius 1 is 1.53 bits per heavy atom. The number of likely N-dealkylation sites (N-methyl/N-ethyl adjacent to an activating group) is 1. The SMILES string of the molecule is CN(C(=O)c1cnc(N)c(Cl)c1)C1CCCCC1O. The number of carbonyl (C=O) groups excluding carboxylic acids is 1. The van der Waals surface area contributed by atoms with Gasteiger partial charge in [-0.15, -0.1) is 0 Å². The van der Waals surface area contributed by atoms with Gasteiger partial charge in [0.05, 0.1) is 22.7 Å². The van der Waals surface area contributed by atoms with E-state index in [9.17, 15) is 9.90 Å². The highest BCUT2D eigenvalue weighted by molar-refractivity contribution is 6.33. The number of aliphatic hydroxyl groups excluding tert-OH is 1. The van der Waals surface area contributed by atoms with Crippen LogP contribution in [0.1, 0.15) is 36.0 Å². The van der Waals surface area contributed by atoms with Crippen LogP contribution in [0.5, 0.6) is 0 Å². The molecule has 6 heteroatoms. The van der Waals surface area contributed by atoms with Gasteiger partial charge in [0.15, 0.2) is 0 Å². The summed E-state index contributed by atoms with van der Waals surface area (Å²) in [5, 5.41) is 10.2. The maximum absolute atomic E-state index is 12.3. The summed E-state index contributed by atoms with van der Waals surface area (Å²) in [6.07, 6.45) is 4.55. The molecule has 0 saturated heterocycles. The molecule has 0 radical (unpaired) electrons. The summed E-state index contributed by atoms with van der Waals surface area (Å²) in [6.45, 7) is 0. The Bertz CT molecular complexity index is 481. The molecule has 1 amide bonds. The number of aromatic nitrogens is 1. The van der Waals surface area contributed by atoms with E-state index in [2.05, 4.69) is 4.98 Å². The lowest BCUT2D eigenvalue weighted by Crippen LogP contribution is -2.46. The molecule has 2 rings (SSSR count). The zero-order valence-corrected chi connectivity index (χ0v) is 11.6. The quantitative estimate of drug-likeness (QED) is 0.866. The van der Waals surface area contributed by atoms with Crippen LogP contribution in [0.2, 0.25) is 5.02 Å². The van der Waals surface area contributed by atoms with Crippen molar-refractivity contribution in [1.29, 1.82) is 0 Å². The molecule has 1 aromatic rings. The first-order valence-corrected chi connectivity index (χ1v) is 6.74. The number of pyridine rings is 1. The molecule has 0 aromatic carbocycles. The molecule has 0 aliphatic heterocycles. The summed E-state index contributed by atoms with van der Waals surface area (Å²) in [6, 6.07) is 1.37. The van der Waals surface area contributed by atoms with E-state index in [1.54, 1.807) is 11.9 Å². The van der Waals surface area contributed by atoms with Crippen LogP contribution >= 0.6 is 11.6 Å². The fourth-order valence-corrected chi connectivity index (χ4v) is 2.63. The summed E-state index contributed by atoms with van der Waals surface area (Å²) in [4.78, 5) is 17.8. The van der Waals surface area contributed by atoms with E-state index in [1.807, 2.05) is 0 Å². The number of carbonyl (C=O) groups is 1. The molecule has 1 aliphatic rings. The fourth-order valence-electron chi connectivity index (χ4n) is 2.46. The number of nitrogens with zero attached hydrogens (tertiary/aromatic N) is 2. The van der Waals surface area contributed by atoms with Gasteiger partial charge in [-0.3, -0.25) is 4.79 Å². The first kappa shape index (κ1) is 14.1. The highest BCUT2D eigenvalue weighted by Gasteiger charge is 2.30. The lowest BCUT2D eigenvalue weighted by atomic mass is 9.91. The molecule has 3 N–H and O–H groups in total. The smallest absolute Gasteiger partial charge is 0.255 e. The lowest BCUT2D eigenvalue weighted by molar-refractivity contribution is 0.0268. The molecule has 1 aromatic heterocycles. The van der Waals surface area contributed by atoms with Gasteiger partial charge in [-0.2, -0.15) is 0 Å². The number of hydrogen-bond acceptors (Lipinski definition) is 4. The predicted octanol–water partition coefficient (Wildman–Crippen LogP) is 1.69. The summed E-state index contributed by atoms with van der Waals surface area (Å²) in [5.41, 5.74) is 5.91. The van der Waals surface area contributed by atoms with Crippen molar-refractivity contribution in [3.63, 3.8) is 0 Å². The largest absolute Gasteiger partial charge is 0.391 e. The van der Waals surface area contributed by atoms with E-state index in [-0.39, 0.29) is 22.8 Å². The molecule has 104 valence electrons. The molecule has 0 spiro atoms. The Hall–Kier alpha value is -1.33. The number of nitrogens with two attached hydrogens (primary N) is 1. The predicted molar refractivity (Wildman–Crippen MR) is 74.0 cm³/mol. The van der Waals surface area contributed by atoms with Crippen molar-refractivity contribution in [2.75, 3.05) is 12.8 Å². The molecular weight excluding hydrogens is 266 g/mol. The van der Waals surface area contributed by atoms with Gasteiger partial charge < -0.3 is 15.7 Å². The Labute approximate surface area is 117 Å². The number of aliphatic hydroxyl groups is 1. The molecule has 2 atom stereocenters. The molecule has 1 aliphatic carbocycles. The average molecular weight is 284 g/mol. The van der Waals surface area contributed by atoms with E-state index in [0.717, 1.165) is 25.7 Å².